The summed E-state index contributed by atoms with van der Waals surface area (Å²) in [6.45, 7) is 3.56. The summed E-state index contributed by atoms with van der Waals surface area (Å²) in [7, 11) is 1.84. The number of rotatable bonds is 7. The van der Waals surface area contributed by atoms with Crippen molar-refractivity contribution < 1.29 is 9.59 Å². The molecule has 0 saturated heterocycles. The van der Waals surface area contributed by atoms with Crippen molar-refractivity contribution in [1.82, 2.24) is 10.2 Å². The van der Waals surface area contributed by atoms with Gasteiger partial charge in [-0.05, 0) is 13.5 Å². The zero-order chi connectivity index (χ0) is 11.0. The lowest BCUT2D eigenvalue weighted by molar-refractivity contribution is -0.129. The number of hydrogen-bond donors (Lipinski definition) is 2. The van der Waals surface area contributed by atoms with Crippen molar-refractivity contribution in [2.45, 2.75) is 19.8 Å². The zero-order valence-electron chi connectivity index (χ0n) is 8.88. The van der Waals surface area contributed by atoms with Gasteiger partial charge in [-0.3, -0.25) is 9.59 Å². The molecule has 0 heterocycles. The summed E-state index contributed by atoms with van der Waals surface area (Å²) < 4.78 is 0. The van der Waals surface area contributed by atoms with Gasteiger partial charge in [0.05, 0.1) is 0 Å². The third-order valence-corrected chi connectivity index (χ3v) is 1.93. The number of nitrogens with zero attached hydrogens (tertiary/aromatic N) is 1. The van der Waals surface area contributed by atoms with E-state index in [2.05, 4.69) is 5.32 Å². The monoisotopic (exact) mass is 201 g/mol. The third kappa shape index (κ3) is 6.42. The Morgan fingerprint density at radius 3 is 2.43 bits per heavy atom. The van der Waals surface area contributed by atoms with Crippen LogP contribution in [0, 0.1) is 0 Å². The van der Waals surface area contributed by atoms with Gasteiger partial charge in [-0.15, -0.1) is 0 Å². The van der Waals surface area contributed by atoms with Crippen molar-refractivity contribution in [3.63, 3.8) is 0 Å². The average Bonchev–Trinajstić information content (AvgIpc) is 2.09. The summed E-state index contributed by atoms with van der Waals surface area (Å²) in [5.41, 5.74) is 5.00. The van der Waals surface area contributed by atoms with Crippen molar-refractivity contribution in [2.75, 3.05) is 26.7 Å². The summed E-state index contributed by atoms with van der Waals surface area (Å²) in [5, 5.41) is 2.97. The quantitative estimate of drug-likeness (QED) is 0.573. The third-order valence-electron chi connectivity index (χ3n) is 1.93. The van der Waals surface area contributed by atoms with Crippen LogP contribution in [-0.2, 0) is 9.59 Å². The van der Waals surface area contributed by atoms with Crippen molar-refractivity contribution in [3.05, 3.63) is 0 Å². The van der Waals surface area contributed by atoms with Crippen LogP contribution in [0.3, 0.4) is 0 Å². The first kappa shape index (κ1) is 12.9. The van der Waals surface area contributed by atoms with E-state index in [-0.39, 0.29) is 11.8 Å². The van der Waals surface area contributed by atoms with Crippen LogP contribution >= 0.6 is 0 Å². The highest BCUT2D eigenvalue weighted by Gasteiger charge is 2.07. The van der Waals surface area contributed by atoms with Gasteiger partial charge < -0.3 is 16.0 Å². The lowest BCUT2D eigenvalue weighted by Gasteiger charge is -2.20. The molecule has 14 heavy (non-hydrogen) atoms. The predicted molar refractivity (Wildman–Crippen MR) is 54.6 cm³/mol. The summed E-state index contributed by atoms with van der Waals surface area (Å²) in [6, 6.07) is 0. The van der Waals surface area contributed by atoms with Crippen molar-refractivity contribution in [3.8, 4) is 0 Å². The highest BCUT2D eigenvalue weighted by atomic mass is 16.2. The molecule has 0 atom stereocenters. The van der Waals surface area contributed by atoms with E-state index in [0.29, 0.717) is 25.9 Å². The fourth-order valence-electron chi connectivity index (χ4n) is 1.12. The van der Waals surface area contributed by atoms with E-state index < -0.39 is 0 Å². The normalized spacial score (nSPS) is 9.86. The molecule has 2 amide bonds. The van der Waals surface area contributed by atoms with E-state index in [9.17, 15) is 9.59 Å². The number of amides is 2. The molecular formula is C9H19N3O2. The standard InChI is InChI=1S/C9H19N3O2/c1-8(13)12(7-5-11-2)6-3-4-9(10)14/h11H,3-7H2,1-2H3,(H2,10,14). The maximum atomic E-state index is 11.1. The highest BCUT2D eigenvalue weighted by Crippen LogP contribution is 1.95. The molecule has 0 bridgehead atoms. The second-order valence-corrected chi connectivity index (χ2v) is 3.18. The van der Waals surface area contributed by atoms with E-state index in [0.717, 1.165) is 6.54 Å². The molecule has 0 aliphatic rings. The summed E-state index contributed by atoms with van der Waals surface area (Å²) in [4.78, 5) is 23.3. The highest BCUT2D eigenvalue weighted by molar-refractivity contribution is 5.74. The maximum Gasteiger partial charge on any atom is 0.219 e. The van der Waals surface area contributed by atoms with Gasteiger partial charge in [-0.2, -0.15) is 0 Å². The number of hydrogen-bond acceptors (Lipinski definition) is 3. The topological polar surface area (TPSA) is 75.4 Å². The SMILES string of the molecule is CNCCN(CCCC(N)=O)C(C)=O. The van der Waals surface area contributed by atoms with Crippen LogP contribution in [0.1, 0.15) is 19.8 Å². The smallest absolute Gasteiger partial charge is 0.219 e. The number of likely N-dealkylation sites (N-methyl/N-ethyl adjacent to an activating group) is 1. The van der Waals surface area contributed by atoms with Crippen LogP contribution in [0.15, 0.2) is 0 Å². The van der Waals surface area contributed by atoms with Crippen molar-refractivity contribution in [2.24, 2.45) is 5.73 Å². The second-order valence-electron chi connectivity index (χ2n) is 3.18. The van der Waals surface area contributed by atoms with Gasteiger partial charge in [-0.1, -0.05) is 0 Å². The Balaban J connectivity index is 3.73. The van der Waals surface area contributed by atoms with E-state index in [1.165, 1.54) is 6.92 Å². The first-order valence-corrected chi connectivity index (χ1v) is 4.76. The largest absolute Gasteiger partial charge is 0.370 e. The molecule has 82 valence electrons. The molecule has 5 heteroatoms. The number of nitrogens with two attached hydrogens (primary N) is 1. The number of carbonyl (C=O) groups is 2. The molecule has 0 aromatic heterocycles. The predicted octanol–water partition coefficient (Wildman–Crippen LogP) is -0.680. The average molecular weight is 201 g/mol. The fraction of sp³-hybridized carbons (Fsp3) is 0.778. The molecule has 0 saturated carbocycles. The van der Waals surface area contributed by atoms with Gasteiger partial charge in [-0.25, -0.2) is 0 Å². The van der Waals surface area contributed by atoms with E-state index in [1.807, 2.05) is 7.05 Å². The Hall–Kier alpha value is -1.10. The molecule has 0 aliphatic heterocycles. The van der Waals surface area contributed by atoms with Gasteiger partial charge in [0.1, 0.15) is 0 Å². The molecule has 0 rings (SSSR count). The molecule has 0 spiro atoms. The van der Waals surface area contributed by atoms with Crippen LogP contribution in [0.25, 0.3) is 0 Å². The first-order chi connectivity index (χ1) is 6.57. The van der Waals surface area contributed by atoms with Crippen molar-refractivity contribution >= 4 is 11.8 Å². The Bertz CT molecular complexity index is 194. The molecule has 0 radical (unpaired) electrons. The Kier molecular flexibility index (Phi) is 6.74. The lowest BCUT2D eigenvalue weighted by Crippen LogP contribution is -2.35. The Morgan fingerprint density at radius 1 is 1.36 bits per heavy atom. The molecule has 5 nitrogen and oxygen atoms in total. The molecule has 3 N–H and O–H groups in total. The molecule has 0 unspecified atom stereocenters. The van der Waals surface area contributed by atoms with Crippen LogP contribution in [0.2, 0.25) is 0 Å². The van der Waals surface area contributed by atoms with Crippen LogP contribution in [0.5, 0.6) is 0 Å². The van der Waals surface area contributed by atoms with Gasteiger partial charge in [0.15, 0.2) is 0 Å². The van der Waals surface area contributed by atoms with Gasteiger partial charge in [0.2, 0.25) is 11.8 Å². The maximum absolute atomic E-state index is 11.1. The summed E-state index contributed by atoms with van der Waals surface area (Å²) in [5.74, 6) is -0.285. The minimum atomic E-state index is -0.317. The van der Waals surface area contributed by atoms with E-state index in [1.54, 1.807) is 4.90 Å². The Labute approximate surface area is 84.6 Å². The van der Waals surface area contributed by atoms with Crippen molar-refractivity contribution in [1.29, 1.82) is 0 Å². The minimum absolute atomic E-state index is 0.0321. The van der Waals surface area contributed by atoms with E-state index in [4.69, 9.17) is 5.73 Å². The fourth-order valence-corrected chi connectivity index (χ4v) is 1.12. The number of primary amides is 1. The van der Waals surface area contributed by atoms with Gasteiger partial charge in [0.25, 0.3) is 0 Å². The van der Waals surface area contributed by atoms with Crippen LogP contribution in [0.4, 0.5) is 0 Å². The number of nitrogens with one attached hydrogen (secondary N) is 1. The van der Waals surface area contributed by atoms with Gasteiger partial charge in [0, 0.05) is 33.0 Å². The van der Waals surface area contributed by atoms with Crippen LogP contribution in [-0.4, -0.2) is 43.4 Å². The molecule has 0 aromatic carbocycles. The molecule has 0 fully saturated rings. The van der Waals surface area contributed by atoms with E-state index >= 15 is 0 Å². The summed E-state index contributed by atoms with van der Waals surface area (Å²) in [6.07, 6.45) is 0.974. The molecule has 0 aliphatic carbocycles. The zero-order valence-corrected chi connectivity index (χ0v) is 8.88. The lowest BCUT2D eigenvalue weighted by atomic mass is 10.3. The second kappa shape index (κ2) is 7.32. The molecule has 0 aromatic rings. The molecular weight excluding hydrogens is 182 g/mol. The summed E-state index contributed by atoms with van der Waals surface area (Å²) >= 11 is 0. The van der Waals surface area contributed by atoms with Gasteiger partial charge >= 0.3 is 0 Å². The Morgan fingerprint density at radius 2 is 2.00 bits per heavy atom. The number of carbonyl (C=O) groups excluding carboxylic acids is 2. The van der Waals surface area contributed by atoms with Crippen LogP contribution < -0.4 is 11.1 Å². The first-order valence-electron chi connectivity index (χ1n) is 4.76. The minimum Gasteiger partial charge on any atom is -0.370 e.